The van der Waals surface area contributed by atoms with Crippen molar-refractivity contribution in [1.82, 2.24) is 15.6 Å². The van der Waals surface area contributed by atoms with Crippen molar-refractivity contribution in [3.8, 4) is 0 Å². The van der Waals surface area contributed by atoms with E-state index in [1.165, 1.54) is 0 Å². The van der Waals surface area contributed by atoms with Crippen LogP contribution >= 0.6 is 0 Å². The standard InChI is InChI=1S/C17H26N4O3/c1-3-9-18-16(22)13-7-8-15(19-11-13)21-10-5-6-14(12-21)20-17(23)24-4-2/h7-8,11,14H,3-6,9-10,12H2,1-2H3,(H,18,22)(H,20,23). The van der Waals surface area contributed by atoms with E-state index in [9.17, 15) is 9.59 Å². The van der Waals surface area contributed by atoms with E-state index in [0.29, 0.717) is 25.3 Å². The van der Waals surface area contributed by atoms with Gasteiger partial charge in [0.2, 0.25) is 0 Å². The number of rotatable bonds is 6. The number of ether oxygens (including phenoxy) is 1. The number of anilines is 1. The molecule has 0 spiro atoms. The van der Waals surface area contributed by atoms with Crippen LogP contribution in [-0.2, 0) is 4.74 Å². The fourth-order valence-corrected chi connectivity index (χ4v) is 2.69. The topological polar surface area (TPSA) is 83.6 Å². The third-order valence-corrected chi connectivity index (χ3v) is 3.89. The van der Waals surface area contributed by atoms with E-state index < -0.39 is 0 Å². The molecule has 2 amide bonds. The lowest BCUT2D eigenvalue weighted by atomic mass is 10.1. The van der Waals surface area contributed by atoms with Gasteiger partial charge in [-0.05, 0) is 38.3 Å². The zero-order chi connectivity index (χ0) is 17.4. The molecule has 7 nitrogen and oxygen atoms in total. The molecule has 132 valence electrons. The molecule has 0 bridgehead atoms. The van der Waals surface area contributed by atoms with Gasteiger partial charge in [0.1, 0.15) is 5.82 Å². The lowest BCUT2D eigenvalue weighted by Gasteiger charge is -2.33. The van der Waals surface area contributed by atoms with E-state index in [2.05, 4.69) is 20.5 Å². The molecule has 0 aromatic carbocycles. The minimum absolute atomic E-state index is 0.0483. The minimum Gasteiger partial charge on any atom is -0.450 e. The Balaban J connectivity index is 1.93. The van der Waals surface area contributed by atoms with E-state index >= 15 is 0 Å². The molecule has 2 rings (SSSR count). The van der Waals surface area contributed by atoms with Crippen LogP contribution in [0, 0.1) is 0 Å². The molecule has 1 aliphatic rings. The Morgan fingerprint density at radius 1 is 1.38 bits per heavy atom. The van der Waals surface area contributed by atoms with Gasteiger partial charge in [0.05, 0.1) is 12.2 Å². The molecule has 24 heavy (non-hydrogen) atoms. The van der Waals surface area contributed by atoms with Crippen LogP contribution in [0.4, 0.5) is 10.6 Å². The van der Waals surface area contributed by atoms with Crippen molar-refractivity contribution in [1.29, 1.82) is 0 Å². The first-order valence-corrected chi connectivity index (χ1v) is 8.56. The van der Waals surface area contributed by atoms with Gasteiger partial charge < -0.3 is 20.3 Å². The van der Waals surface area contributed by atoms with Crippen molar-refractivity contribution in [2.75, 3.05) is 31.1 Å². The van der Waals surface area contributed by atoms with E-state index in [1.807, 2.05) is 13.0 Å². The predicted octanol–water partition coefficient (Wildman–Crippen LogP) is 1.94. The van der Waals surface area contributed by atoms with Gasteiger partial charge in [0.15, 0.2) is 0 Å². The zero-order valence-corrected chi connectivity index (χ0v) is 14.4. The lowest BCUT2D eigenvalue weighted by molar-refractivity contribution is 0.0953. The summed E-state index contributed by atoms with van der Waals surface area (Å²) in [6, 6.07) is 3.69. The number of carbonyl (C=O) groups excluding carboxylic acids is 2. The van der Waals surface area contributed by atoms with Gasteiger partial charge in [-0.2, -0.15) is 0 Å². The number of piperidine rings is 1. The van der Waals surface area contributed by atoms with Crippen molar-refractivity contribution in [3.63, 3.8) is 0 Å². The molecular weight excluding hydrogens is 308 g/mol. The smallest absolute Gasteiger partial charge is 0.407 e. The van der Waals surface area contributed by atoms with E-state index in [0.717, 1.165) is 31.6 Å². The van der Waals surface area contributed by atoms with Gasteiger partial charge in [-0.3, -0.25) is 4.79 Å². The number of nitrogens with one attached hydrogen (secondary N) is 2. The molecular formula is C17H26N4O3. The molecule has 1 aromatic heterocycles. The fourth-order valence-electron chi connectivity index (χ4n) is 2.69. The van der Waals surface area contributed by atoms with Gasteiger partial charge in [0.25, 0.3) is 5.91 Å². The Labute approximate surface area is 142 Å². The van der Waals surface area contributed by atoms with Crippen LogP contribution in [0.25, 0.3) is 0 Å². The molecule has 0 radical (unpaired) electrons. The SMILES string of the molecule is CCCNC(=O)c1ccc(N2CCCC(NC(=O)OCC)C2)nc1. The number of aromatic nitrogens is 1. The summed E-state index contributed by atoms with van der Waals surface area (Å²) in [7, 11) is 0. The van der Waals surface area contributed by atoms with Crippen LogP contribution in [0.5, 0.6) is 0 Å². The third-order valence-electron chi connectivity index (χ3n) is 3.89. The summed E-state index contributed by atoms with van der Waals surface area (Å²) in [6.45, 7) is 6.40. The number of amides is 2. The minimum atomic E-state index is -0.375. The Bertz CT molecular complexity index is 547. The quantitative estimate of drug-likeness (QED) is 0.830. The molecule has 2 N–H and O–H groups in total. The summed E-state index contributed by atoms with van der Waals surface area (Å²) in [5.74, 6) is 0.716. The Hall–Kier alpha value is -2.31. The molecule has 0 aliphatic carbocycles. The fraction of sp³-hybridized carbons (Fsp3) is 0.588. The summed E-state index contributed by atoms with van der Waals surface area (Å²) in [4.78, 5) is 30.0. The summed E-state index contributed by atoms with van der Waals surface area (Å²) in [5, 5.41) is 5.71. The zero-order valence-electron chi connectivity index (χ0n) is 14.4. The second-order valence-corrected chi connectivity index (χ2v) is 5.81. The highest BCUT2D eigenvalue weighted by Crippen LogP contribution is 2.18. The Morgan fingerprint density at radius 2 is 2.21 bits per heavy atom. The largest absolute Gasteiger partial charge is 0.450 e. The van der Waals surface area contributed by atoms with Crippen molar-refractivity contribution in [3.05, 3.63) is 23.9 Å². The number of carbonyl (C=O) groups is 2. The van der Waals surface area contributed by atoms with Gasteiger partial charge in [-0.1, -0.05) is 6.92 Å². The number of hydrogen-bond donors (Lipinski definition) is 2. The number of alkyl carbamates (subject to hydrolysis) is 1. The van der Waals surface area contributed by atoms with Crippen LogP contribution in [0.3, 0.4) is 0 Å². The Kier molecular flexibility index (Phi) is 6.84. The highest BCUT2D eigenvalue weighted by atomic mass is 16.5. The number of nitrogens with zero attached hydrogens (tertiary/aromatic N) is 2. The van der Waals surface area contributed by atoms with Crippen LogP contribution in [0.1, 0.15) is 43.5 Å². The van der Waals surface area contributed by atoms with Crippen molar-refractivity contribution < 1.29 is 14.3 Å². The molecule has 1 unspecified atom stereocenters. The van der Waals surface area contributed by atoms with E-state index in [1.54, 1.807) is 19.2 Å². The highest BCUT2D eigenvalue weighted by Gasteiger charge is 2.22. The predicted molar refractivity (Wildman–Crippen MR) is 92.3 cm³/mol. The second-order valence-electron chi connectivity index (χ2n) is 5.81. The number of hydrogen-bond acceptors (Lipinski definition) is 5. The lowest BCUT2D eigenvalue weighted by Crippen LogP contribution is -2.48. The molecule has 1 saturated heterocycles. The van der Waals surface area contributed by atoms with Crippen molar-refractivity contribution in [2.45, 2.75) is 39.2 Å². The molecule has 7 heteroatoms. The first-order chi connectivity index (χ1) is 11.6. The summed E-state index contributed by atoms with van der Waals surface area (Å²) < 4.78 is 4.93. The second kappa shape index (κ2) is 9.10. The maximum absolute atomic E-state index is 11.9. The van der Waals surface area contributed by atoms with Crippen LogP contribution in [0.15, 0.2) is 18.3 Å². The van der Waals surface area contributed by atoms with Crippen LogP contribution < -0.4 is 15.5 Å². The van der Waals surface area contributed by atoms with Gasteiger partial charge in [-0.15, -0.1) is 0 Å². The van der Waals surface area contributed by atoms with E-state index in [-0.39, 0.29) is 18.0 Å². The first kappa shape index (κ1) is 18.0. The third kappa shape index (κ3) is 5.11. The molecule has 1 atom stereocenters. The van der Waals surface area contributed by atoms with Gasteiger partial charge in [-0.25, -0.2) is 9.78 Å². The molecule has 1 aromatic rings. The van der Waals surface area contributed by atoms with Crippen LogP contribution in [-0.4, -0.2) is 49.3 Å². The average Bonchev–Trinajstić information content (AvgIpc) is 2.60. The maximum atomic E-state index is 11.9. The maximum Gasteiger partial charge on any atom is 0.407 e. The van der Waals surface area contributed by atoms with E-state index in [4.69, 9.17) is 4.74 Å². The van der Waals surface area contributed by atoms with Crippen molar-refractivity contribution in [2.24, 2.45) is 0 Å². The summed E-state index contributed by atoms with van der Waals surface area (Å²) in [6.07, 6.45) is 4.02. The Morgan fingerprint density at radius 3 is 2.88 bits per heavy atom. The monoisotopic (exact) mass is 334 g/mol. The van der Waals surface area contributed by atoms with Crippen molar-refractivity contribution >= 4 is 17.8 Å². The van der Waals surface area contributed by atoms with Gasteiger partial charge >= 0.3 is 6.09 Å². The molecule has 1 fully saturated rings. The average molecular weight is 334 g/mol. The first-order valence-electron chi connectivity index (χ1n) is 8.56. The van der Waals surface area contributed by atoms with Crippen LogP contribution in [0.2, 0.25) is 0 Å². The summed E-state index contributed by atoms with van der Waals surface area (Å²) in [5.41, 5.74) is 0.561. The van der Waals surface area contributed by atoms with Gasteiger partial charge in [0, 0.05) is 31.9 Å². The normalized spacial score (nSPS) is 17.2. The number of pyridine rings is 1. The highest BCUT2D eigenvalue weighted by molar-refractivity contribution is 5.94. The summed E-state index contributed by atoms with van der Waals surface area (Å²) >= 11 is 0. The molecule has 1 aliphatic heterocycles. The molecule has 2 heterocycles. The molecule has 0 saturated carbocycles.